The van der Waals surface area contributed by atoms with Gasteiger partial charge in [0.25, 0.3) is 5.91 Å². The fourth-order valence-electron chi connectivity index (χ4n) is 4.31. The summed E-state index contributed by atoms with van der Waals surface area (Å²) in [6, 6.07) is 10.5. The Bertz CT molecular complexity index is 1140. The van der Waals surface area contributed by atoms with E-state index in [4.69, 9.17) is 4.74 Å². The number of phenolic OH excluding ortho intramolecular Hbond substituents is 1. The molecule has 0 saturated carbocycles. The molecule has 3 amide bonds. The third-order valence-electron chi connectivity index (χ3n) is 6.26. The predicted octanol–water partition coefficient (Wildman–Crippen LogP) is 6.26. The SMILES string of the molecule is CCCCN(C(=O)C(CC(C)C)NC(=O)OC(C)(C)C)C(C(=O)Nc1ccccc1C)c1cccc(C)c1O. The van der Waals surface area contributed by atoms with Crippen LogP contribution in [0.4, 0.5) is 10.5 Å². The van der Waals surface area contributed by atoms with E-state index in [9.17, 15) is 19.5 Å². The number of aryl methyl sites for hydroxylation is 2. The molecule has 0 radical (unpaired) electrons. The van der Waals surface area contributed by atoms with Crippen LogP contribution in [0, 0.1) is 19.8 Å². The van der Waals surface area contributed by atoms with E-state index in [0.717, 1.165) is 12.0 Å². The molecule has 2 aromatic rings. The zero-order valence-electron chi connectivity index (χ0n) is 24.6. The summed E-state index contributed by atoms with van der Waals surface area (Å²) < 4.78 is 5.44. The number of carbonyl (C=O) groups is 3. The van der Waals surface area contributed by atoms with Crippen molar-refractivity contribution in [1.82, 2.24) is 10.2 Å². The van der Waals surface area contributed by atoms with Crippen molar-refractivity contribution in [3.63, 3.8) is 0 Å². The van der Waals surface area contributed by atoms with Gasteiger partial charge in [0.15, 0.2) is 0 Å². The van der Waals surface area contributed by atoms with Crippen LogP contribution < -0.4 is 10.6 Å². The Balaban J connectivity index is 2.59. The maximum absolute atomic E-state index is 14.2. The van der Waals surface area contributed by atoms with Crippen molar-refractivity contribution in [1.29, 1.82) is 0 Å². The van der Waals surface area contributed by atoms with Gasteiger partial charge in [-0.3, -0.25) is 9.59 Å². The molecule has 8 nitrogen and oxygen atoms in total. The average molecular weight is 540 g/mol. The van der Waals surface area contributed by atoms with E-state index >= 15 is 0 Å². The molecule has 0 heterocycles. The van der Waals surface area contributed by atoms with E-state index in [1.807, 2.05) is 45.9 Å². The van der Waals surface area contributed by atoms with Gasteiger partial charge in [-0.1, -0.05) is 63.6 Å². The standard InChI is InChI=1S/C31H45N3O5/c1-9-10-18-34(29(37)25(19-20(2)3)33-30(38)39-31(6,7)8)26(23-16-13-15-22(5)27(23)35)28(36)32-24-17-12-11-14-21(24)4/h11-17,20,25-26,35H,9-10,18-19H2,1-8H3,(H,32,36)(H,33,38). The average Bonchev–Trinajstić information content (AvgIpc) is 2.83. The molecule has 0 saturated heterocycles. The Hall–Kier alpha value is -3.55. The van der Waals surface area contributed by atoms with Gasteiger partial charge in [0, 0.05) is 17.8 Å². The van der Waals surface area contributed by atoms with Crippen molar-refractivity contribution in [3.8, 4) is 5.75 Å². The lowest BCUT2D eigenvalue weighted by Crippen LogP contribution is -2.53. The molecular formula is C31H45N3O5. The summed E-state index contributed by atoms with van der Waals surface area (Å²) in [4.78, 5) is 42.4. The number of carbonyl (C=O) groups excluding carboxylic acids is 3. The maximum atomic E-state index is 14.2. The number of anilines is 1. The smallest absolute Gasteiger partial charge is 0.408 e. The van der Waals surface area contributed by atoms with E-state index in [-0.39, 0.29) is 18.2 Å². The zero-order chi connectivity index (χ0) is 29.3. The lowest BCUT2D eigenvalue weighted by molar-refractivity contribution is -0.141. The van der Waals surface area contributed by atoms with Crippen LogP contribution in [0.25, 0.3) is 0 Å². The third kappa shape index (κ3) is 9.30. The summed E-state index contributed by atoms with van der Waals surface area (Å²) in [5.74, 6) is -0.824. The summed E-state index contributed by atoms with van der Waals surface area (Å²) in [6.45, 7) is 15.1. The first-order valence-electron chi connectivity index (χ1n) is 13.7. The summed E-state index contributed by atoms with van der Waals surface area (Å²) in [6.07, 6.45) is 1.07. The number of ether oxygens (including phenoxy) is 1. The van der Waals surface area contributed by atoms with Crippen LogP contribution in [0.1, 0.15) is 83.5 Å². The molecule has 0 spiro atoms. The van der Waals surface area contributed by atoms with Crippen LogP contribution >= 0.6 is 0 Å². The second kappa shape index (κ2) is 14.0. The number of hydrogen-bond donors (Lipinski definition) is 3. The molecule has 0 fully saturated rings. The third-order valence-corrected chi connectivity index (χ3v) is 6.26. The highest BCUT2D eigenvalue weighted by molar-refractivity contribution is 5.99. The molecule has 0 aliphatic heterocycles. The second-order valence-electron chi connectivity index (χ2n) is 11.4. The fraction of sp³-hybridized carbons (Fsp3) is 0.516. The van der Waals surface area contributed by atoms with Crippen molar-refractivity contribution < 1.29 is 24.2 Å². The van der Waals surface area contributed by atoms with Gasteiger partial charge in [0.2, 0.25) is 5.91 Å². The quantitative estimate of drug-likeness (QED) is 0.312. The first-order chi connectivity index (χ1) is 18.2. The fourth-order valence-corrected chi connectivity index (χ4v) is 4.31. The van der Waals surface area contributed by atoms with E-state index < -0.39 is 35.6 Å². The maximum Gasteiger partial charge on any atom is 0.408 e. The van der Waals surface area contributed by atoms with Crippen LogP contribution in [0.15, 0.2) is 42.5 Å². The highest BCUT2D eigenvalue weighted by Crippen LogP contribution is 2.34. The number of rotatable bonds is 11. The van der Waals surface area contributed by atoms with Gasteiger partial charge in [-0.2, -0.15) is 0 Å². The first kappa shape index (κ1) is 31.7. The number of benzene rings is 2. The van der Waals surface area contributed by atoms with Crippen LogP contribution in [0.2, 0.25) is 0 Å². The molecular weight excluding hydrogens is 494 g/mol. The Kier molecular flexibility index (Phi) is 11.4. The minimum absolute atomic E-state index is 0.0442. The highest BCUT2D eigenvalue weighted by Gasteiger charge is 2.37. The first-order valence-corrected chi connectivity index (χ1v) is 13.7. The van der Waals surface area contributed by atoms with Gasteiger partial charge in [0.05, 0.1) is 0 Å². The Morgan fingerprint density at radius 2 is 1.64 bits per heavy atom. The number of unbranched alkanes of at least 4 members (excludes halogenated alkanes) is 1. The molecule has 2 unspecified atom stereocenters. The van der Waals surface area contributed by atoms with Gasteiger partial charge in [0.1, 0.15) is 23.4 Å². The number of aromatic hydroxyl groups is 1. The summed E-state index contributed by atoms with van der Waals surface area (Å²) in [5, 5.41) is 16.8. The monoisotopic (exact) mass is 539 g/mol. The van der Waals surface area contributed by atoms with Crippen molar-refractivity contribution in [2.45, 2.75) is 92.3 Å². The zero-order valence-corrected chi connectivity index (χ0v) is 24.6. The molecule has 214 valence electrons. The normalized spacial score (nSPS) is 12.9. The number of amides is 3. The predicted molar refractivity (Wildman–Crippen MR) is 155 cm³/mol. The second-order valence-corrected chi connectivity index (χ2v) is 11.4. The van der Waals surface area contributed by atoms with Crippen molar-refractivity contribution in [2.24, 2.45) is 5.92 Å². The Labute approximate surface area is 233 Å². The Morgan fingerprint density at radius 1 is 1.00 bits per heavy atom. The molecule has 0 aliphatic carbocycles. The van der Waals surface area contributed by atoms with Crippen LogP contribution in [0.5, 0.6) is 5.75 Å². The number of alkyl carbamates (subject to hydrolysis) is 1. The molecule has 39 heavy (non-hydrogen) atoms. The molecule has 0 aromatic heterocycles. The largest absolute Gasteiger partial charge is 0.507 e. The summed E-state index contributed by atoms with van der Waals surface area (Å²) in [7, 11) is 0. The number of nitrogens with one attached hydrogen (secondary N) is 2. The number of para-hydroxylation sites is 2. The van der Waals surface area contributed by atoms with Crippen molar-refractivity contribution >= 4 is 23.6 Å². The molecule has 0 bridgehead atoms. The van der Waals surface area contributed by atoms with E-state index in [1.54, 1.807) is 52.0 Å². The van der Waals surface area contributed by atoms with Crippen LogP contribution in [-0.4, -0.2) is 46.1 Å². The molecule has 0 aliphatic rings. The minimum Gasteiger partial charge on any atom is -0.507 e. The number of phenols is 1. The minimum atomic E-state index is -1.13. The topological polar surface area (TPSA) is 108 Å². The number of hydrogen-bond acceptors (Lipinski definition) is 5. The highest BCUT2D eigenvalue weighted by atomic mass is 16.6. The number of nitrogens with zero attached hydrogens (tertiary/aromatic N) is 1. The van der Waals surface area contributed by atoms with Crippen LogP contribution in [-0.2, 0) is 14.3 Å². The molecule has 2 atom stereocenters. The lowest BCUT2D eigenvalue weighted by Gasteiger charge is -2.35. The molecule has 2 rings (SSSR count). The molecule has 3 N–H and O–H groups in total. The summed E-state index contributed by atoms with van der Waals surface area (Å²) >= 11 is 0. The van der Waals surface area contributed by atoms with Crippen molar-refractivity contribution in [2.75, 3.05) is 11.9 Å². The van der Waals surface area contributed by atoms with Gasteiger partial charge in [-0.25, -0.2) is 4.79 Å². The van der Waals surface area contributed by atoms with Gasteiger partial charge < -0.3 is 25.4 Å². The van der Waals surface area contributed by atoms with Crippen LogP contribution in [0.3, 0.4) is 0 Å². The van der Waals surface area contributed by atoms with E-state index in [2.05, 4.69) is 10.6 Å². The molecule has 2 aromatic carbocycles. The Morgan fingerprint density at radius 3 is 2.23 bits per heavy atom. The lowest BCUT2D eigenvalue weighted by atomic mass is 9.97. The molecule has 8 heteroatoms. The summed E-state index contributed by atoms with van der Waals surface area (Å²) in [5.41, 5.74) is 1.67. The van der Waals surface area contributed by atoms with Gasteiger partial charge in [-0.05, 0) is 70.6 Å². The van der Waals surface area contributed by atoms with E-state index in [0.29, 0.717) is 29.7 Å². The van der Waals surface area contributed by atoms with Crippen molar-refractivity contribution in [3.05, 3.63) is 59.2 Å². The van der Waals surface area contributed by atoms with E-state index in [1.165, 1.54) is 4.90 Å². The van der Waals surface area contributed by atoms with Gasteiger partial charge in [-0.15, -0.1) is 0 Å². The van der Waals surface area contributed by atoms with Gasteiger partial charge >= 0.3 is 6.09 Å².